The molecule has 2 N–H and O–H groups in total. The molecule has 0 spiro atoms. The molecule has 0 saturated carbocycles. The summed E-state index contributed by atoms with van der Waals surface area (Å²) in [7, 11) is 2.14. The van der Waals surface area contributed by atoms with Crippen molar-refractivity contribution in [2.75, 3.05) is 43.9 Å². The summed E-state index contributed by atoms with van der Waals surface area (Å²) in [5, 5.41) is 5.12. The lowest BCUT2D eigenvalue weighted by atomic mass is 9.97. The van der Waals surface area contributed by atoms with Gasteiger partial charge in [0, 0.05) is 54.6 Å². The Labute approximate surface area is 193 Å². The Bertz CT molecular complexity index is 1060. The number of rotatable bonds is 3. The number of aromatic nitrogens is 2. The summed E-state index contributed by atoms with van der Waals surface area (Å²) in [6, 6.07) is 3.56. The van der Waals surface area contributed by atoms with Gasteiger partial charge in [0.05, 0.1) is 12.6 Å². The number of likely N-dealkylation sites (tertiary alicyclic amines) is 1. The summed E-state index contributed by atoms with van der Waals surface area (Å²) in [4.78, 5) is 18.4. The molecule has 4 heterocycles. The molecule has 0 atom stereocenters. The van der Waals surface area contributed by atoms with E-state index < -0.39 is 6.43 Å². The SMILES string of the molecule is CC(=O)N1CCc2c(c(N3CCCc4cc(N)c(C(F)F)cc43)nn2C2CCN(C)CC2)C1. The van der Waals surface area contributed by atoms with Crippen molar-refractivity contribution in [1.82, 2.24) is 19.6 Å². The smallest absolute Gasteiger partial charge is 0.265 e. The Morgan fingerprint density at radius 2 is 1.91 bits per heavy atom. The number of fused-ring (bicyclic) bond motifs is 2. The van der Waals surface area contributed by atoms with Gasteiger partial charge in [-0.15, -0.1) is 0 Å². The second kappa shape index (κ2) is 8.59. The van der Waals surface area contributed by atoms with Gasteiger partial charge in [-0.1, -0.05) is 0 Å². The lowest BCUT2D eigenvalue weighted by Crippen LogP contribution is -2.36. The maximum absolute atomic E-state index is 13.7. The van der Waals surface area contributed by atoms with Gasteiger partial charge >= 0.3 is 0 Å². The van der Waals surface area contributed by atoms with Gasteiger partial charge in [0.2, 0.25) is 5.91 Å². The third kappa shape index (κ3) is 3.96. The number of piperidine rings is 1. The number of nitrogens with two attached hydrogens (primary N) is 1. The van der Waals surface area contributed by atoms with Crippen molar-refractivity contribution in [3.05, 3.63) is 34.5 Å². The van der Waals surface area contributed by atoms with Crippen molar-refractivity contribution in [3.8, 4) is 0 Å². The molecule has 5 rings (SSSR count). The molecular weight excluding hydrogens is 426 g/mol. The van der Waals surface area contributed by atoms with Crippen molar-refractivity contribution in [2.45, 2.75) is 58.0 Å². The van der Waals surface area contributed by atoms with Crippen LogP contribution in [0.5, 0.6) is 0 Å². The van der Waals surface area contributed by atoms with Crippen molar-refractivity contribution in [2.24, 2.45) is 0 Å². The Kier molecular flexibility index (Phi) is 5.76. The number of halogens is 2. The second-order valence-corrected chi connectivity index (χ2v) is 9.58. The van der Waals surface area contributed by atoms with Crippen LogP contribution in [0.1, 0.15) is 61.0 Å². The zero-order chi connectivity index (χ0) is 23.3. The zero-order valence-electron chi connectivity index (χ0n) is 19.4. The lowest BCUT2D eigenvalue weighted by Gasteiger charge is -2.33. The average molecular weight is 459 g/mol. The molecule has 0 radical (unpaired) electrons. The molecule has 178 valence electrons. The van der Waals surface area contributed by atoms with Crippen molar-refractivity contribution < 1.29 is 13.6 Å². The van der Waals surface area contributed by atoms with Gasteiger partial charge in [-0.25, -0.2) is 8.78 Å². The standard InChI is InChI=1S/C24H32F2N6O/c1-15(33)30-11-7-21-19(14-30)24(28-32(21)17-5-9-29(2)10-6-17)31-8-3-4-16-12-20(27)18(23(25)26)13-22(16)31/h12-13,17,23H,3-11,14,27H2,1-2H3. The fourth-order valence-electron chi connectivity index (χ4n) is 5.53. The highest BCUT2D eigenvalue weighted by molar-refractivity contribution is 5.76. The van der Waals surface area contributed by atoms with E-state index in [-0.39, 0.29) is 17.2 Å². The molecule has 0 unspecified atom stereocenters. The number of carbonyl (C=O) groups excluding carboxylic acids is 1. The fourth-order valence-corrected chi connectivity index (χ4v) is 5.53. The number of hydrogen-bond acceptors (Lipinski definition) is 5. The van der Waals surface area contributed by atoms with E-state index in [1.165, 1.54) is 5.69 Å². The lowest BCUT2D eigenvalue weighted by molar-refractivity contribution is -0.129. The molecule has 1 fully saturated rings. The largest absolute Gasteiger partial charge is 0.398 e. The zero-order valence-corrected chi connectivity index (χ0v) is 19.4. The number of anilines is 3. The number of nitrogen functional groups attached to an aromatic ring is 1. The number of hydrogen-bond donors (Lipinski definition) is 1. The highest BCUT2D eigenvalue weighted by atomic mass is 19.3. The summed E-state index contributed by atoms with van der Waals surface area (Å²) in [5.74, 6) is 0.853. The molecule has 3 aliphatic heterocycles. The van der Waals surface area contributed by atoms with E-state index in [0.29, 0.717) is 25.7 Å². The summed E-state index contributed by atoms with van der Waals surface area (Å²) >= 11 is 0. The molecule has 3 aliphatic rings. The summed E-state index contributed by atoms with van der Waals surface area (Å²) in [6.07, 6.45) is 1.90. The first kappa shape index (κ1) is 22.1. The topological polar surface area (TPSA) is 70.6 Å². The molecule has 7 nitrogen and oxygen atoms in total. The maximum atomic E-state index is 13.7. The minimum Gasteiger partial charge on any atom is -0.398 e. The van der Waals surface area contributed by atoms with Gasteiger partial charge in [-0.3, -0.25) is 9.48 Å². The van der Waals surface area contributed by atoms with E-state index in [1.807, 2.05) is 4.90 Å². The van der Waals surface area contributed by atoms with E-state index >= 15 is 0 Å². The van der Waals surface area contributed by atoms with Crippen LogP contribution in [-0.2, 0) is 24.2 Å². The van der Waals surface area contributed by atoms with E-state index in [0.717, 1.165) is 67.8 Å². The Morgan fingerprint density at radius 1 is 1.15 bits per heavy atom. The summed E-state index contributed by atoms with van der Waals surface area (Å²) < 4.78 is 29.5. The van der Waals surface area contributed by atoms with Crippen molar-refractivity contribution in [1.29, 1.82) is 0 Å². The molecule has 1 saturated heterocycles. The Hall–Kier alpha value is -2.68. The van der Waals surface area contributed by atoms with Gasteiger partial charge in [0.25, 0.3) is 6.43 Å². The van der Waals surface area contributed by atoms with E-state index in [2.05, 4.69) is 21.5 Å². The van der Waals surface area contributed by atoms with Crippen LogP contribution in [0.3, 0.4) is 0 Å². The molecule has 2 aromatic rings. The van der Waals surface area contributed by atoms with Crippen LogP contribution in [0, 0.1) is 0 Å². The first-order chi connectivity index (χ1) is 15.8. The molecule has 1 aromatic carbocycles. The predicted molar refractivity (Wildman–Crippen MR) is 124 cm³/mol. The van der Waals surface area contributed by atoms with E-state index in [4.69, 9.17) is 10.8 Å². The van der Waals surface area contributed by atoms with Crippen LogP contribution in [0.25, 0.3) is 0 Å². The number of benzene rings is 1. The van der Waals surface area contributed by atoms with Crippen LogP contribution in [0.15, 0.2) is 12.1 Å². The molecule has 1 aromatic heterocycles. The predicted octanol–water partition coefficient (Wildman–Crippen LogP) is 3.66. The number of nitrogens with zero attached hydrogens (tertiary/aromatic N) is 5. The van der Waals surface area contributed by atoms with Crippen molar-refractivity contribution >= 4 is 23.1 Å². The molecule has 9 heteroatoms. The number of carbonyl (C=O) groups is 1. The second-order valence-electron chi connectivity index (χ2n) is 9.58. The summed E-state index contributed by atoms with van der Waals surface area (Å²) in [5.41, 5.74) is 9.94. The van der Waals surface area contributed by atoms with Crippen LogP contribution >= 0.6 is 0 Å². The van der Waals surface area contributed by atoms with Gasteiger partial charge in [0.1, 0.15) is 0 Å². The Balaban J connectivity index is 1.60. The van der Waals surface area contributed by atoms with Crippen molar-refractivity contribution in [3.63, 3.8) is 0 Å². The van der Waals surface area contributed by atoms with Gasteiger partial charge in [-0.2, -0.15) is 5.10 Å². The minimum absolute atomic E-state index is 0.0467. The third-order valence-corrected chi connectivity index (χ3v) is 7.44. The van der Waals surface area contributed by atoms with Crippen LogP contribution < -0.4 is 10.6 Å². The highest BCUT2D eigenvalue weighted by Crippen LogP contribution is 2.42. The Morgan fingerprint density at radius 3 is 2.61 bits per heavy atom. The first-order valence-electron chi connectivity index (χ1n) is 11.9. The minimum atomic E-state index is -2.63. The van der Waals surface area contributed by atoms with Crippen LogP contribution in [0.4, 0.5) is 26.0 Å². The summed E-state index contributed by atoms with van der Waals surface area (Å²) in [6.45, 7) is 5.55. The monoisotopic (exact) mass is 458 g/mol. The highest BCUT2D eigenvalue weighted by Gasteiger charge is 2.34. The molecule has 1 amide bonds. The third-order valence-electron chi connectivity index (χ3n) is 7.44. The van der Waals surface area contributed by atoms with Gasteiger partial charge < -0.3 is 20.4 Å². The molecule has 0 bridgehead atoms. The molecule has 0 aliphatic carbocycles. The van der Waals surface area contributed by atoms with Gasteiger partial charge in [-0.05, 0) is 63.5 Å². The quantitative estimate of drug-likeness (QED) is 0.711. The number of amides is 1. The maximum Gasteiger partial charge on any atom is 0.265 e. The van der Waals surface area contributed by atoms with Crippen LogP contribution in [0.2, 0.25) is 0 Å². The van der Waals surface area contributed by atoms with E-state index in [9.17, 15) is 13.6 Å². The molecule has 33 heavy (non-hydrogen) atoms. The van der Waals surface area contributed by atoms with Crippen LogP contribution in [-0.4, -0.2) is 58.7 Å². The normalized spacial score (nSPS) is 19.7. The fraction of sp³-hybridized carbons (Fsp3) is 0.583. The molecular formula is C24H32F2N6O. The van der Waals surface area contributed by atoms with E-state index in [1.54, 1.807) is 19.1 Å². The number of alkyl halides is 2. The average Bonchev–Trinajstić information content (AvgIpc) is 3.17. The number of aryl methyl sites for hydroxylation is 1. The van der Waals surface area contributed by atoms with Gasteiger partial charge in [0.15, 0.2) is 5.82 Å². The first-order valence-corrected chi connectivity index (χ1v) is 11.9.